The lowest BCUT2D eigenvalue weighted by Crippen LogP contribution is -2.30. The summed E-state index contributed by atoms with van der Waals surface area (Å²) in [6, 6.07) is 126. The average molecular weight is 1190 g/mol. The molecule has 0 saturated carbocycles. The van der Waals surface area contributed by atoms with Crippen LogP contribution in [0.2, 0.25) is 0 Å². The summed E-state index contributed by atoms with van der Waals surface area (Å²) in [5.74, 6) is 0. The van der Waals surface area contributed by atoms with Gasteiger partial charge in [0.15, 0.2) is 0 Å². The van der Waals surface area contributed by atoms with Crippen molar-refractivity contribution in [3.8, 4) is 89.3 Å². The summed E-state index contributed by atoms with van der Waals surface area (Å²) >= 11 is 0. The number of fused-ring (bicyclic) bond motifs is 7. The van der Waals surface area contributed by atoms with Crippen molar-refractivity contribution in [3.63, 3.8) is 0 Å². The van der Waals surface area contributed by atoms with Crippen molar-refractivity contribution in [1.82, 2.24) is 9.13 Å². The first kappa shape index (κ1) is 55.2. The molecule has 16 aromatic rings. The molecule has 0 N–H and O–H groups in total. The van der Waals surface area contributed by atoms with Crippen LogP contribution in [-0.4, -0.2) is 9.13 Å². The largest absolute Gasteiger partial charge is 0.309 e. The fraction of sp³-hybridized carbons (Fsp3) is 0.0330. The van der Waals surface area contributed by atoms with Crippen LogP contribution in [0.3, 0.4) is 0 Å². The van der Waals surface area contributed by atoms with Gasteiger partial charge in [-0.1, -0.05) is 285 Å². The van der Waals surface area contributed by atoms with Gasteiger partial charge >= 0.3 is 0 Å². The van der Waals surface area contributed by atoms with E-state index in [2.05, 4.69) is 375 Å². The van der Waals surface area contributed by atoms with Gasteiger partial charge in [0.05, 0.1) is 27.5 Å². The monoisotopic (exact) mass is 1180 g/mol. The second kappa shape index (κ2) is 22.9. The lowest BCUT2D eigenvalue weighted by molar-refractivity contribution is 0.745. The van der Waals surface area contributed by atoms with Crippen molar-refractivity contribution in [3.05, 3.63) is 380 Å². The zero-order valence-corrected chi connectivity index (χ0v) is 51.9. The fourth-order valence-electron chi connectivity index (χ4n) is 15.3. The molecule has 14 aromatic carbocycles. The van der Waals surface area contributed by atoms with Crippen LogP contribution >= 0.6 is 0 Å². The van der Waals surface area contributed by atoms with E-state index in [0.717, 1.165) is 11.4 Å². The number of allylic oxidation sites excluding steroid dienone is 4. The van der Waals surface area contributed by atoms with Crippen LogP contribution in [0, 0.1) is 0 Å². The lowest BCUT2D eigenvalue weighted by Gasteiger charge is -2.37. The smallest absolute Gasteiger partial charge is 0.0679 e. The van der Waals surface area contributed by atoms with Crippen molar-refractivity contribution < 1.29 is 0 Å². The molecule has 0 saturated heterocycles. The van der Waals surface area contributed by atoms with Gasteiger partial charge in [-0.2, -0.15) is 0 Å². The molecule has 1 unspecified atom stereocenters. The van der Waals surface area contributed by atoms with Gasteiger partial charge in [0.1, 0.15) is 0 Å². The van der Waals surface area contributed by atoms with Crippen molar-refractivity contribution in [2.75, 3.05) is 0 Å². The van der Waals surface area contributed by atoms with E-state index in [1.54, 1.807) is 0 Å². The Balaban J connectivity index is 0.673. The summed E-state index contributed by atoms with van der Waals surface area (Å²) in [5, 5.41) is 4.95. The number of para-hydroxylation sites is 2. The highest BCUT2D eigenvalue weighted by atomic mass is 15.0. The Hall–Kier alpha value is -11.8. The molecule has 0 aliphatic heterocycles. The molecule has 2 heteroatoms. The van der Waals surface area contributed by atoms with Crippen molar-refractivity contribution >= 4 is 49.2 Å². The predicted octanol–water partition coefficient (Wildman–Crippen LogP) is 24.2. The zero-order valence-electron chi connectivity index (χ0n) is 51.9. The fourth-order valence-corrected chi connectivity index (χ4v) is 15.3. The maximum Gasteiger partial charge on any atom is 0.0679 e. The van der Waals surface area contributed by atoms with Gasteiger partial charge < -0.3 is 9.13 Å². The van der Waals surface area contributed by atoms with Gasteiger partial charge in [-0.3, -0.25) is 0 Å². The van der Waals surface area contributed by atoms with Crippen molar-refractivity contribution in [1.29, 1.82) is 0 Å². The molecule has 0 radical (unpaired) electrons. The first-order valence-corrected chi connectivity index (χ1v) is 32.3. The number of hydrogen-bond donors (Lipinski definition) is 0. The van der Waals surface area contributed by atoms with E-state index in [4.69, 9.17) is 0 Å². The Morgan fingerprint density at radius 1 is 0.258 bits per heavy atom. The minimum Gasteiger partial charge on any atom is -0.309 e. The van der Waals surface area contributed by atoms with Crippen LogP contribution in [0.25, 0.3) is 138 Å². The maximum atomic E-state index is 2.45. The molecule has 2 heterocycles. The minimum atomic E-state index is -0.572. The van der Waals surface area contributed by atoms with E-state index in [9.17, 15) is 0 Å². The number of hydrogen-bond acceptors (Lipinski definition) is 0. The van der Waals surface area contributed by atoms with E-state index in [-0.39, 0.29) is 0 Å². The second-order valence-electron chi connectivity index (χ2n) is 24.7. The molecule has 2 nitrogen and oxygen atoms in total. The molecular weight excluding hydrogens is 1120 g/mol. The minimum absolute atomic E-state index is 0.572. The normalized spacial score (nSPS) is 13.9. The molecule has 93 heavy (non-hydrogen) atoms. The SMILES string of the molecule is C/C=C\C1=C(C)C(c2cccc(-c3ccc(-c4ccc(-c5cccc(-n6c7ccccc7c7cc(-c8ccc9c(c8)c8ccccc8n9-c8ccc(-c9ccccc9)cc8)ccc76)c5)cc4)cc3)c2)(c2ccccc2-c2ccccc2-c2ccccc2)c2ccccc21. The van der Waals surface area contributed by atoms with Gasteiger partial charge in [0, 0.05) is 32.9 Å². The van der Waals surface area contributed by atoms with Crippen LogP contribution in [0.5, 0.6) is 0 Å². The summed E-state index contributed by atoms with van der Waals surface area (Å²) < 4.78 is 4.83. The standard InChI is InChI=1S/C91H64N2/c1-3-22-76-61(2)91(85-37-16-12-33-79(76)85,86-38-17-13-34-80(86)78-32-11-10-31-77(78)68-25-8-5-9-26-68)73-29-20-27-69(57-73)66-45-41-63(42-46-66)64-43-47-67(48-44-64)70-28-21-30-75(58-70)93-88-40-19-15-36-82(88)84-60-72(52-56-90(84)93)71-51-55-89-83(59-71)81-35-14-18-39-87(81)92(89)74-53-49-65(50-54-74)62-23-6-4-7-24-62/h3-60H,1-2H3/b22-3-. The molecule has 2 aromatic heterocycles. The summed E-state index contributed by atoms with van der Waals surface area (Å²) in [6.45, 7) is 4.48. The molecule has 0 fully saturated rings. The molecule has 438 valence electrons. The molecule has 1 aliphatic carbocycles. The number of nitrogens with zero attached hydrogens (tertiary/aromatic N) is 2. The Kier molecular flexibility index (Phi) is 13.6. The van der Waals surface area contributed by atoms with E-state index < -0.39 is 5.41 Å². The Morgan fingerprint density at radius 3 is 1.23 bits per heavy atom. The van der Waals surface area contributed by atoms with Crippen LogP contribution < -0.4 is 0 Å². The summed E-state index contributed by atoms with van der Waals surface area (Å²) in [7, 11) is 0. The quantitative estimate of drug-likeness (QED) is 0.115. The first-order chi connectivity index (χ1) is 46.0. The van der Waals surface area contributed by atoms with Crippen LogP contribution in [-0.2, 0) is 5.41 Å². The number of aromatic nitrogens is 2. The number of benzene rings is 14. The second-order valence-corrected chi connectivity index (χ2v) is 24.7. The summed E-state index contributed by atoms with van der Waals surface area (Å²) in [6.07, 6.45) is 4.49. The first-order valence-electron chi connectivity index (χ1n) is 32.3. The maximum absolute atomic E-state index is 2.45. The Labute approximate surface area is 543 Å². The third kappa shape index (κ3) is 9.24. The molecule has 0 spiro atoms. The molecule has 1 aliphatic rings. The van der Waals surface area contributed by atoms with E-state index in [1.807, 2.05) is 0 Å². The third-order valence-corrected chi connectivity index (χ3v) is 19.6. The molecule has 1 atom stereocenters. The molecule has 17 rings (SSSR count). The average Bonchev–Trinajstić information content (AvgIpc) is 1.58. The van der Waals surface area contributed by atoms with Crippen LogP contribution in [0.15, 0.2) is 357 Å². The van der Waals surface area contributed by atoms with Crippen LogP contribution in [0.1, 0.15) is 36.1 Å². The highest BCUT2D eigenvalue weighted by Gasteiger charge is 2.47. The highest BCUT2D eigenvalue weighted by Crippen LogP contribution is 2.57. The molecule has 0 bridgehead atoms. The zero-order chi connectivity index (χ0) is 62.0. The summed E-state index contributed by atoms with van der Waals surface area (Å²) in [5.41, 5.74) is 30.9. The third-order valence-electron chi connectivity index (χ3n) is 19.6. The molecular formula is C91H64N2. The van der Waals surface area contributed by atoms with Gasteiger partial charge in [-0.25, -0.2) is 0 Å². The summed E-state index contributed by atoms with van der Waals surface area (Å²) in [4.78, 5) is 0. The Bertz CT molecular complexity index is 5600. The highest BCUT2D eigenvalue weighted by molar-refractivity contribution is 6.13. The van der Waals surface area contributed by atoms with Crippen LogP contribution in [0.4, 0.5) is 0 Å². The molecule has 0 amide bonds. The number of rotatable bonds is 12. The van der Waals surface area contributed by atoms with E-state index >= 15 is 0 Å². The lowest BCUT2D eigenvalue weighted by atomic mass is 9.65. The van der Waals surface area contributed by atoms with Gasteiger partial charge in [0.25, 0.3) is 0 Å². The predicted molar refractivity (Wildman–Crippen MR) is 393 cm³/mol. The Morgan fingerprint density at radius 2 is 0.645 bits per heavy atom. The van der Waals surface area contributed by atoms with Gasteiger partial charge in [0.2, 0.25) is 0 Å². The van der Waals surface area contributed by atoms with Gasteiger partial charge in [-0.05, 0) is 192 Å². The van der Waals surface area contributed by atoms with E-state index in [0.29, 0.717) is 0 Å². The topological polar surface area (TPSA) is 9.86 Å². The van der Waals surface area contributed by atoms with Crippen molar-refractivity contribution in [2.45, 2.75) is 19.3 Å². The van der Waals surface area contributed by atoms with Crippen molar-refractivity contribution in [2.24, 2.45) is 0 Å². The van der Waals surface area contributed by atoms with E-state index in [1.165, 1.54) is 155 Å². The van der Waals surface area contributed by atoms with Gasteiger partial charge in [-0.15, -0.1) is 0 Å².